The first-order valence-corrected chi connectivity index (χ1v) is 3.16. The van der Waals surface area contributed by atoms with Crippen molar-refractivity contribution in [3.63, 3.8) is 0 Å². The zero-order chi connectivity index (χ0) is 8.27. The third kappa shape index (κ3) is 1.78. The third-order valence-corrected chi connectivity index (χ3v) is 1.25. The van der Waals surface area contributed by atoms with Crippen molar-refractivity contribution in [2.75, 3.05) is 6.61 Å². The minimum absolute atomic E-state index is 0.0536. The average Bonchev–Trinajstić information content (AvgIpc) is 1.98. The fourth-order valence-electron chi connectivity index (χ4n) is 0.714. The van der Waals surface area contributed by atoms with Crippen molar-refractivity contribution in [2.45, 2.75) is 6.42 Å². The van der Waals surface area contributed by atoms with Crippen LogP contribution in [0.2, 0.25) is 0 Å². The van der Waals surface area contributed by atoms with Gasteiger partial charge in [-0.25, -0.2) is 0 Å². The molecule has 1 aromatic rings. The summed E-state index contributed by atoms with van der Waals surface area (Å²) in [5.74, 6) is 0. The molecule has 3 N–H and O–H groups in total. The SMILES string of the molecule is O=c1cc(CCO)[nH][nH]c1=O. The van der Waals surface area contributed by atoms with Crippen LogP contribution in [0.1, 0.15) is 5.69 Å². The zero-order valence-electron chi connectivity index (χ0n) is 5.76. The molecule has 60 valence electrons. The van der Waals surface area contributed by atoms with Gasteiger partial charge in [0.05, 0.1) is 0 Å². The first kappa shape index (κ1) is 7.74. The van der Waals surface area contributed by atoms with Crippen molar-refractivity contribution < 1.29 is 5.11 Å². The van der Waals surface area contributed by atoms with Gasteiger partial charge in [0, 0.05) is 24.8 Å². The predicted molar refractivity (Wildman–Crippen MR) is 38.5 cm³/mol. The van der Waals surface area contributed by atoms with E-state index < -0.39 is 11.0 Å². The summed E-state index contributed by atoms with van der Waals surface area (Å²) in [6.07, 6.45) is 0.339. The maximum Gasteiger partial charge on any atom is 0.310 e. The van der Waals surface area contributed by atoms with Crippen molar-refractivity contribution in [1.82, 2.24) is 10.2 Å². The molecule has 1 aromatic heterocycles. The molecule has 0 saturated carbocycles. The minimum Gasteiger partial charge on any atom is -0.396 e. The maximum absolute atomic E-state index is 10.7. The van der Waals surface area contributed by atoms with E-state index in [0.717, 1.165) is 0 Å². The topological polar surface area (TPSA) is 85.9 Å². The van der Waals surface area contributed by atoms with Crippen LogP contribution in [0.25, 0.3) is 0 Å². The summed E-state index contributed by atoms with van der Waals surface area (Å²) in [4.78, 5) is 21.2. The predicted octanol–water partition coefficient (Wildman–Crippen LogP) is -1.40. The van der Waals surface area contributed by atoms with E-state index in [9.17, 15) is 9.59 Å². The second kappa shape index (κ2) is 3.16. The number of rotatable bonds is 2. The van der Waals surface area contributed by atoms with E-state index in [0.29, 0.717) is 12.1 Å². The van der Waals surface area contributed by atoms with Gasteiger partial charge in [-0.15, -0.1) is 0 Å². The number of aromatic nitrogens is 2. The van der Waals surface area contributed by atoms with Crippen LogP contribution in [0.3, 0.4) is 0 Å². The van der Waals surface area contributed by atoms with Gasteiger partial charge >= 0.3 is 5.56 Å². The molecule has 1 rings (SSSR count). The Kier molecular flexibility index (Phi) is 2.22. The van der Waals surface area contributed by atoms with Gasteiger partial charge in [0.25, 0.3) is 0 Å². The molecule has 0 unspecified atom stereocenters. The van der Waals surface area contributed by atoms with E-state index in [1.807, 2.05) is 0 Å². The van der Waals surface area contributed by atoms with E-state index in [4.69, 9.17) is 5.11 Å². The second-order valence-electron chi connectivity index (χ2n) is 2.09. The number of aliphatic hydroxyl groups is 1. The van der Waals surface area contributed by atoms with Gasteiger partial charge in [-0.05, 0) is 0 Å². The first-order valence-electron chi connectivity index (χ1n) is 3.16. The summed E-state index contributed by atoms with van der Waals surface area (Å²) >= 11 is 0. The molecule has 0 spiro atoms. The number of aromatic amines is 2. The van der Waals surface area contributed by atoms with Crippen LogP contribution in [0.15, 0.2) is 15.7 Å². The summed E-state index contributed by atoms with van der Waals surface area (Å²) in [5.41, 5.74) is -0.740. The van der Waals surface area contributed by atoms with Gasteiger partial charge in [-0.2, -0.15) is 0 Å². The molecule has 5 heteroatoms. The molecule has 0 bridgehead atoms. The molecule has 1 heterocycles. The van der Waals surface area contributed by atoms with Crippen molar-refractivity contribution >= 4 is 0 Å². The van der Waals surface area contributed by atoms with E-state index in [1.165, 1.54) is 6.07 Å². The van der Waals surface area contributed by atoms with Gasteiger partial charge in [0.1, 0.15) is 0 Å². The summed E-state index contributed by atoms with van der Waals surface area (Å²) in [5, 5.41) is 13.1. The zero-order valence-corrected chi connectivity index (χ0v) is 5.76. The minimum atomic E-state index is -0.674. The Morgan fingerprint density at radius 3 is 2.64 bits per heavy atom. The van der Waals surface area contributed by atoms with Crippen LogP contribution < -0.4 is 11.0 Å². The number of H-pyrrole nitrogens is 2. The standard InChI is InChI=1S/C6H8N2O3/c9-2-1-4-3-5(10)6(11)8-7-4/h3,9H,1-2H2,(H,7,10)(H,8,11). The van der Waals surface area contributed by atoms with E-state index in [1.54, 1.807) is 0 Å². The van der Waals surface area contributed by atoms with E-state index in [2.05, 4.69) is 10.2 Å². The lowest BCUT2D eigenvalue weighted by Gasteiger charge is -1.94. The van der Waals surface area contributed by atoms with Crippen LogP contribution in [0.5, 0.6) is 0 Å². The average molecular weight is 156 g/mol. The summed E-state index contributed by atoms with van der Waals surface area (Å²) in [6, 6.07) is 1.18. The molecule has 0 saturated heterocycles. The normalized spacial score (nSPS) is 9.91. The molecule has 0 atom stereocenters. The third-order valence-electron chi connectivity index (χ3n) is 1.25. The van der Waals surface area contributed by atoms with Crippen molar-refractivity contribution in [1.29, 1.82) is 0 Å². The summed E-state index contributed by atoms with van der Waals surface area (Å²) in [6.45, 7) is -0.0536. The Bertz CT molecular complexity index is 338. The lowest BCUT2D eigenvalue weighted by molar-refractivity contribution is 0.297. The van der Waals surface area contributed by atoms with Crippen LogP contribution >= 0.6 is 0 Å². The summed E-state index contributed by atoms with van der Waals surface area (Å²) in [7, 11) is 0. The number of aliphatic hydroxyl groups excluding tert-OH is 1. The molecule has 0 fully saturated rings. The lowest BCUT2D eigenvalue weighted by Crippen LogP contribution is -2.27. The first-order chi connectivity index (χ1) is 5.24. The molecule has 11 heavy (non-hydrogen) atoms. The number of nitrogens with one attached hydrogen (secondary N) is 2. The highest BCUT2D eigenvalue weighted by molar-refractivity contribution is 4.99. The molecule has 0 aliphatic heterocycles. The molecule has 5 nitrogen and oxygen atoms in total. The molecular formula is C6H8N2O3. The van der Waals surface area contributed by atoms with Crippen LogP contribution in [-0.4, -0.2) is 21.9 Å². The number of hydrogen-bond donors (Lipinski definition) is 3. The molecular weight excluding hydrogens is 148 g/mol. The fraction of sp³-hybridized carbons (Fsp3) is 0.333. The van der Waals surface area contributed by atoms with E-state index >= 15 is 0 Å². The second-order valence-corrected chi connectivity index (χ2v) is 2.09. The monoisotopic (exact) mass is 156 g/mol. The summed E-state index contributed by atoms with van der Waals surface area (Å²) < 4.78 is 0. The Morgan fingerprint density at radius 1 is 1.36 bits per heavy atom. The van der Waals surface area contributed by atoms with Gasteiger partial charge in [0.15, 0.2) is 0 Å². The maximum atomic E-state index is 10.7. The largest absolute Gasteiger partial charge is 0.396 e. The van der Waals surface area contributed by atoms with E-state index in [-0.39, 0.29) is 6.61 Å². The quantitative estimate of drug-likeness (QED) is 0.460. The number of hydrogen-bond acceptors (Lipinski definition) is 3. The van der Waals surface area contributed by atoms with Crippen molar-refractivity contribution in [3.8, 4) is 0 Å². The molecule has 0 amide bonds. The van der Waals surface area contributed by atoms with Gasteiger partial charge in [0.2, 0.25) is 5.43 Å². The fourth-order valence-corrected chi connectivity index (χ4v) is 0.714. The smallest absolute Gasteiger partial charge is 0.310 e. The van der Waals surface area contributed by atoms with Crippen molar-refractivity contribution in [3.05, 3.63) is 32.3 Å². The lowest BCUT2D eigenvalue weighted by atomic mass is 10.3. The Hall–Kier alpha value is -1.36. The molecule has 0 radical (unpaired) electrons. The Labute approximate surface area is 61.7 Å². The van der Waals surface area contributed by atoms with Crippen LogP contribution in [-0.2, 0) is 6.42 Å². The molecule has 0 aliphatic rings. The highest BCUT2D eigenvalue weighted by atomic mass is 16.3. The van der Waals surface area contributed by atoms with Gasteiger partial charge in [-0.1, -0.05) is 0 Å². The molecule has 0 aliphatic carbocycles. The van der Waals surface area contributed by atoms with Crippen LogP contribution in [0.4, 0.5) is 0 Å². The van der Waals surface area contributed by atoms with Gasteiger partial charge < -0.3 is 10.2 Å². The highest BCUT2D eigenvalue weighted by Crippen LogP contribution is 1.84. The Balaban J connectivity index is 3.06. The molecule has 0 aromatic carbocycles. The van der Waals surface area contributed by atoms with Crippen molar-refractivity contribution in [2.24, 2.45) is 0 Å². The van der Waals surface area contributed by atoms with Gasteiger partial charge in [-0.3, -0.25) is 14.7 Å². The highest BCUT2D eigenvalue weighted by Gasteiger charge is 1.95. The Morgan fingerprint density at radius 2 is 2.09 bits per heavy atom. The van der Waals surface area contributed by atoms with Crippen LogP contribution in [0, 0.1) is 0 Å².